The minimum Gasteiger partial charge on any atom is -0.481 e. The van der Waals surface area contributed by atoms with E-state index in [-0.39, 0.29) is 46.1 Å². The highest BCUT2D eigenvalue weighted by atomic mass is 16.5. The van der Waals surface area contributed by atoms with Crippen molar-refractivity contribution in [2.24, 2.45) is 56.7 Å². The van der Waals surface area contributed by atoms with Crippen LogP contribution >= 0.6 is 0 Å². The van der Waals surface area contributed by atoms with Crippen LogP contribution in [0.5, 0.6) is 0 Å². The number of carboxylic acid groups (broad SMARTS) is 1. The van der Waals surface area contributed by atoms with Crippen molar-refractivity contribution in [1.82, 2.24) is 10.2 Å². The molecule has 53 heavy (non-hydrogen) atoms. The number of nitrogens with zero attached hydrogens (tertiary/aromatic N) is 1. The monoisotopic (exact) mass is 731 g/mol. The summed E-state index contributed by atoms with van der Waals surface area (Å²) in [6.07, 6.45) is 10.2. The van der Waals surface area contributed by atoms with Crippen molar-refractivity contribution in [3.63, 3.8) is 0 Å². The molecular formula is C46H70N2O5. The normalized spacial score (nSPS) is 35.7. The first kappa shape index (κ1) is 40.2. The molecule has 4 fully saturated rings. The summed E-state index contributed by atoms with van der Waals surface area (Å²) in [7, 11) is 4.28. The van der Waals surface area contributed by atoms with Crippen molar-refractivity contribution in [2.75, 3.05) is 27.2 Å². The molecule has 0 aliphatic heterocycles. The number of nitrogens with one attached hydrogen (secondary N) is 1. The maximum Gasteiger partial charge on any atom is 0.309 e. The van der Waals surface area contributed by atoms with E-state index in [0.29, 0.717) is 35.9 Å². The van der Waals surface area contributed by atoms with E-state index >= 15 is 0 Å². The molecule has 0 bridgehead atoms. The van der Waals surface area contributed by atoms with Crippen LogP contribution in [-0.2, 0) is 19.1 Å². The second-order valence-corrected chi connectivity index (χ2v) is 20.5. The Morgan fingerprint density at radius 1 is 0.943 bits per heavy atom. The number of ether oxygens (including phenoxy) is 1. The SMILES string of the molecule is CC(C)C1=C2C3CCC4C(C)(CCC5C(C)(C)C(OC(=O)CC(C)(C)C(=O)O)CCC54C)C3CCC2(CCNC(CN(C)C)c2ccccc2)CC1=O. The molecule has 0 aromatic heterocycles. The molecule has 0 saturated heterocycles. The lowest BCUT2D eigenvalue weighted by Crippen LogP contribution is -2.63. The third kappa shape index (κ3) is 7.09. The number of esters is 1. The number of ketones is 1. The number of likely N-dealkylation sites (N-methyl/N-ethyl adjacent to an activating group) is 1. The van der Waals surface area contributed by atoms with E-state index in [9.17, 15) is 19.5 Å². The fourth-order valence-corrected chi connectivity index (χ4v) is 13.4. The van der Waals surface area contributed by atoms with Crippen LogP contribution in [-0.4, -0.2) is 61.0 Å². The zero-order valence-electron chi connectivity index (χ0n) is 34.6. The molecule has 0 radical (unpaired) electrons. The van der Waals surface area contributed by atoms with E-state index < -0.39 is 17.4 Å². The van der Waals surface area contributed by atoms with Gasteiger partial charge in [0, 0.05) is 29.8 Å². The van der Waals surface area contributed by atoms with Crippen LogP contribution in [0.1, 0.15) is 138 Å². The van der Waals surface area contributed by atoms with Crippen LogP contribution in [0.15, 0.2) is 41.5 Å². The number of benzene rings is 1. The Balaban J connectivity index is 1.22. The first-order valence-corrected chi connectivity index (χ1v) is 20.9. The lowest BCUT2D eigenvalue weighted by atomic mass is 9.36. The molecule has 7 heteroatoms. The van der Waals surface area contributed by atoms with Crippen LogP contribution in [0, 0.1) is 56.7 Å². The molecule has 0 amide bonds. The maximum absolute atomic E-state index is 14.1. The molecule has 5 aliphatic rings. The van der Waals surface area contributed by atoms with E-state index in [4.69, 9.17) is 4.74 Å². The fraction of sp³-hybridized carbons (Fsp3) is 0.761. The number of carbonyl (C=O) groups is 3. The van der Waals surface area contributed by atoms with Gasteiger partial charge < -0.3 is 20.1 Å². The topological polar surface area (TPSA) is 95.9 Å². The predicted molar refractivity (Wildman–Crippen MR) is 211 cm³/mol. The zero-order valence-corrected chi connectivity index (χ0v) is 34.6. The number of Topliss-reactive ketones (excluding diaryl/α,β-unsaturated/α-hetero) is 1. The molecule has 1 aromatic rings. The van der Waals surface area contributed by atoms with Crippen molar-refractivity contribution >= 4 is 17.7 Å². The number of carbonyl (C=O) groups excluding carboxylic acids is 2. The molecule has 6 rings (SSSR count). The number of hydrogen-bond donors (Lipinski definition) is 2. The third-order valence-electron chi connectivity index (χ3n) is 15.9. The van der Waals surface area contributed by atoms with Crippen LogP contribution < -0.4 is 5.32 Å². The summed E-state index contributed by atoms with van der Waals surface area (Å²) in [6, 6.07) is 11.0. The van der Waals surface area contributed by atoms with Gasteiger partial charge in [-0.3, -0.25) is 14.4 Å². The average Bonchev–Trinajstić information content (AvgIpc) is 3.37. The molecule has 0 heterocycles. The second-order valence-electron chi connectivity index (χ2n) is 20.5. The van der Waals surface area contributed by atoms with E-state index in [1.807, 2.05) is 0 Å². The van der Waals surface area contributed by atoms with Crippen LogP contribution in [0.3, 0.4) is 0 Å². The lowest BCUT2D eigenvalue weighted by molar-refractivity contribution is -0.213. The molecule has 1 aromatic carbocycles. The molecule has 294 valence electrons. The number of carboxylic acids is 1. The van der Waals surface area contributed by atoms with Crippen molar-refractivity contribution < 1.29 is 24.2 Å². The molecule has 9 atom stereocenters. The van der Waals surface area contributed by atoms with Gasteiger partial charge in [0.15, 0.2) is 5.78 Å². The summed E-state index contributed by atoms with van der Waals surface area (Å²) in [6.45, 7) is 19.3. The minimum absolute atomic E-state index is 0.0341. The largest absolute Gasteiger partial charge is 0.481 e. The molecule has 9 unspecified atom stereocenters. The van der Waals surface area contributed by atoms with Gasteiger partial charge in [0.05, 0.1) is 11.8 Å². The Bertz CT molecular complexity index is 1580. The lowest BCUT2D eigenvalue weighted by Gasteiger charge is -2.69. The Morgan fingerprint density at radius 2 is 1.62 bits per heavy atom. The summed E-state index contributed by atoms with van der Waals surface area (Å²) < 4.78 is 6.18. The number of allylic oxidation sites excluding steroid dienone is 2. The van der Waals surface area contributed by atoms with E-state index in [1.54, 1.807) is 19.4 Å². The van der Waals surface area contributed by atoms with Crippen LogP contribution in [0.4, 0.5) is 0 Å². The molecule has 7 nitrogen and oxygen atoms in total. The van der Waals surface area contributed by atoms with Crippen molar-refractivity contribution in [3.05, 3.63) is 47.0 Å². The second kappa shape index (κ2) is 14.5. The third-order valence-corrected chi connectivity index (χ3v) is 15.9. The minimum atomic E-state index is -1.14. The Kier molecular flexibility index (Phi) is 11.0. The summed E-state index contributed by atoms with van der Waals surface area (Å²) in [4.78, 5) is 41.2. The summed E-state index contributed by atoms with van der Waals surface area (Å²) >= 11 is 0. The molecule has 0 spiro atoms. The molecule has 4 saturated carbocycles. The summed E-state index contributed by atoms with van der Waals surface area (Å²) in [5, 5.41) is 13.6. The average molecular weight is 731 g/mol. The van der Waals surface area contributed by atoms with Crippen molar-refractivity contribution in [1.29, 1.82) is 0 Å². The Labute approximate surface area is 320 Å². The first-order valence-electron chi connectivity index (χ1n) is 20.9. The Hall–Kier alpha value is -2.51. The van der Waals surface area contributed by atoms with E-state index in [2.05, 4.69) is 96.2 Å². The molecular weight excluding hydrogens is 661 g/mol. The first-order chi connectivity index (χ1) is 24.8. The highest BCUT2D eigenvalue weighted by Crippen LogP contribution is 2.73. The van der Waals surface area contributed by atoms with Gasteiger partial charge in [-0.15, -0.1) is 0 Å². The zero-order chi connectivity index (χ0) is 38.7. The molecule has 5 aliphatic carbocycles. The van der Waals surface area contributed by atoms with Crippen LogP contribution in [0.25, 0.3) is 0 Å². The van der Waals surface area contributed by atoms with Gasteiger partial charge in [-0.05, 0) is 144 Å². The van der Waals surface area contributed by atoms with Gasteiger partial charge in [0.1, 0.15) is 6.10 Å². The van der Waals surface area contributed by atoms with Crippen LogP contribution in [0.2, 0.25) is 0 Å². The van der Waals surface area contributed by atoms with Crippen molar-refractivity contribution in [3.8, 4) is 0 Å². The number of fused-ring (bicyclic) bond motifs is 7. The maximum atomic E-state index is 14.1. The van der Waals surface area contributed by atoms with Crippen molar-refractivity contribution in [2.45, 2.75) is 138 Å². The van der Waals surface area contributed by atoms with Gasteiger partial charge in [-0.2, -0.15) is 0 Å². The smallest absolute Gasteiger partial charge is 0.309 e. The van der Waals surface area contributed by atoms with Gasteiger partial charge in [-0.1, -0.05) is 77.4 Å². The predicted octanol–water partition coefficient (Wildman–Crippen LogP) is 9.27. The van der Waals surface area contributed by atoms with Gasteiger partial charge in [0.25, 0.3) is 0 Å². The number of rotatable bonds is 12. The summed E-state index contributed by atoms with van der Waals surface area (Å²) in [5.74, 6) is 1.36. The van der Waals surface area contributed by atoms with Gasteiger partial charge >= 0.3 is 11.9 Å². The molecule has 2 N–H and O–H groups in total. The van der Waals surface area contributed by atoms with Gasteiger partial charge in [-0.25, -0.2) is 0 Å². The Morgan fingerprint density at radius 3 is 2.26 bits per heavy atom. The highest BCUT2D eigenvalue weighted by Gasteiger charge is 2.66. The fourth-order valence-electron chi connectivity index (χ4n) is 13.4. The quantitative estimate of drug-likeness (QED) is 0.207. The van der Waals surface area contributed by atoms with E-state index in [0.717, 1.165) is 51.6 Å². The highest BCUT2D eigenvalue weighted by molar-refractivity contribution is 6.00. The van der Waals surface area contributed by atoms with Gasteiger partial charge in [0.2, 0.25) is 0 Å². The standard InChI is InChI=1S/C46H70N2O5/c1-29(2)39-34(49)26-46(24-25-47-33(28-48(9)10)30-14-12-11-13-15-30)23-18-32-31(40(39)46)16-17-36-44(32,7)21-19-35-43(5,6)37(20-22-45(35,36)8)53-38(50)27-42(3,4)41(51)52/h11-15,29,31-33,35-37,47H,16-28H2,1-10H3,(H,51,52). The van der Waals surface area contributed by atoms with E-state index in [1.165, 1.54) is 30.4 Å². The summed E-state index contributed by atoms with van der Waals surface area (Å²) in [5.41, 5.74) is 3.02. The number of aliphatic carboxylic acids is 1. The number of hydrogen-bond acceptors (Lipinski definition) is 6.